The number of aromatic nitrogens is 1. The number of para-hydroxylation sites is 1. The van der Waals surface area contributed by atoms with Crippen LogP contribution in [0.2, 0.25) is 0 Å². The zero-order valence-electron chi connectivity index (χ0n) is 32.1. The molecule has 1 aliphatic rings. The number of carbonyl (C=O) groups is 3. The van der Waals surface area contributed by atoms with Crippen molar-refractivity contribution in [2.24, 2.45) is 0 Å². The standard InChI is InChI=1S/C43H48N4O7S/c1-7-52-37(51-6)25-47(24-29-13-12-18-36-38(29)45-40(55-36)46-42(50)54-43(3,4)5)39(48)35(23-28-21-19-27(2)20-22-28)44-41(49)53-26-34-32-16-10-8-14-30(32)31-15-9-11-17-33(31)34/h8-22,34-35,37H,7,23-26H2,1-6H3,(H,44,49)(H,45,46,50)/t35-,37?/m1/s1. The minimum absolute atomic E-state index is 0.0729. The maximum absolute atomic E-state index is 14.8. The highest BCUT2D eigenvalue weighted by molar-refractivity contribution is 7.22. The van der Waals surface area contributed by atoms with Gasteiger partial charge in [0.2, 0.25) is 5.91 Å². The lowest BCUT2D eigenvalue weighted by Crippen LogP contribution is -2.51. The number of alkyl carbamates (subject to hydrolysis) is 1. The molecule has 55 heavy (non-hydrogen) atoms. The molecule has 2 atom stereocenters. The number of benzene rings is 4. The van der Waals surface area contributed by atoms with Crippen molar-refractivity contribution in [3.05, 3.63) is 119 Å². The second kappa shape index (κ2) is 17.4. The lowest BCUT2D eigenvalue weighted by molar-refractivity contribution is -0.153. The van der Waals surface area contributed by atoms with E-state index in [1.165, 1.54) is 18.4 Å². The highest BCUT2D eigenvalue weighted by Crippen LogP contribution is 2.44. The Morgan fingerprint density at radius 2 is 1.56 bits per heavy atom. The van der Waals surface area contributed by atoms with Crippen LogP contribution >= 0.6 is 11.3 Å². The zero-order valence-corrected chi connectivity index (χ0v) is 32.9. The van der Waals surface area contributed by atoms with Crippen molar-refractivity contribution in [1.29, 1.82) is 0 Å². The van der Waals surface area contributed by atoms with Crippen LogP contribution in [0.25, 0.3) is 21.3 Å². The van der Waals surface area contributed by atoms with E-state index in [0.29, 0.717) is 17.3 Å². The minimum atomic E-state index is -0.989. The number of aryl methyl sites for hydroxylation is 1. The summed E-state index contributed by atoms with van der Waals surface area (Å²) in [5.74, 6) is -0.488. The predicted molar refractivity (Wildman–Crippen MR) is 214 cm³/mol. The second-order valence-corrected chi connectivity index (χ2v) is 15.5. The number of rotatable bonds is 14. The van der Waals surface area contributed by atoms with Gasteiger partial charge in [-0.2, -0.15) is 0 Å². The summed E-state index contributed by atoms with van der Waals surface area (Å²) in [6.45, 7) is 9.89. The fraction of sp³-hybridized carbons (Fsp3) is 0.349. The number of hydrogen-bond acceptors (Lipinski definition) is 9. The monoisotopic (exact) mass is 764 g/mol. The Hall–Kier alpha value is -5.30. The largest absolute Gasteiger partial charge is 0.449 e. The Balaban J connectivity index is 1.26. The molecule has 0 radical (unpaired) electrons. The average Bonchev–Trinajstić information content (AvgIpc) is 3.71. The van der Waals surface area contributed by atoms with Gasteiger partial charge in [-0.25, -0.2) is 14.6 Å². The Labute approximate surface area is 326 Å². The normalized spacial score (nSPS) is 13.4. The quantitative estimate of drug-likeness (QED) is 0.108. The Kier molecular flexibility index (Phi) is 12.5. The van der Waals surface area contributed by atoms with Crippen molar-refractivity contribution in [3.63, 3.8) is 0 Å². The molecule has 1 unspecified atom stereocenters. The van der Waals surface area contributed by atoms with Gasteiger partial charge in [0, 0.05) is 32.6 Å². The average molecular weight is 765 g/mol. The van der Waals surface area contributed by atoms with Gasteiger partial charge < -0.3 is 29.2 Å². The summed E-state index contributed by atoms with van der Waals surface area (Å²) in [4.78, 5) is 47.3. The summed E-state index contributed by atoms with van der Waals surface area (Å²) in [6.07, 6.45) is -1.82. The molecule has 12 heteroatoms. The Bertz CT molecular complexity index is 2080. The third-order valence-corrected chi connectivity index (χ3v) is 10.2. The molecular weight excluding hydrogens is 717 g/mol. The van der Waals surface area contributed by atoms with Gasteiger partial charge >= 0.3 is 12.2 Å². The molecule has 4 aromatic carbocycles. The van der Waals surface area contributed by atoms with E-state index >= 15 is 0 Å². The van der Waals surface area contributed by atoms with Gasteiger partial charge in [0.25, 0.3) is 0 Å². The van der Waals surface area contributed by atoms with Crippen LogP contribution in [0.3, 0.4) is 0 Å². The maximum atomic E-state index is 14.8. The molecule has 1 aliphatic carbocycles. The number of nitrogens with one attached hydrogen (secondary N) is 2. The van der Waals surface area contributed by atoms with Crippen LogP contribution in [0, 0.1) is 6.92 Å². The molecule has 288 valence electrons. The summed E-state index contributed by atoms with van der Waals surface area (Å²) < 4.78 is 23.6. The van der Waals surface area contributed by atoms with Crippen LogP contribution in [0.4, 0.5) is 14.7 Å². The topological polar surface area (TPSA) is 128 Å². The first-order chi connectivity index (χ1) is 26.4. The van der Waals surface area contributed by atoms with E-state index < -0.39 is 30.1 Å². The van der Waals surface area contributed by atoms with E-state index in [9.17, 15) is 14.4 Å². The molecule has 1 heterocycles. The second-order valence-electron chi connectivity index (χ2n) is 14.5. The van der Waals surface area contributed by atoms with E-state index in [1.54, 1.807) is 25.7 Å². The third-order valence-electron chi connectivity index (χ3n) is 9.26. The van der Waals surface area contributed by atoms with Gasteiger partial charge in [-0.15, -0.1) is 0 Å². The number of methoxy groups -OCH3 is 1. The SMILES string of the molecule is CCOC(CN(Cc1cccc2sc(NC(=O)OC(C)(C)C)nc12)C(=O)[C@@H](Cc1ccc(C)cc1)NC(=O)OCC1c2ccccc2-c2ccccc21)OC. The van der Waals surface area contributed by atoms with Crippen molar-refractivity contribution in [3.8, 4) is 11.1 Å². The van der Waals surface area contributed by atoms with Gasteiger partial charge in [-0.3, -0.25) is 10.1 Å². The van der Waals surface area contributed by atoms with Crippen molar-refractivity contribution in [2.75, 3.05) is 32.2 Å². The number of carbonyl (C=O) groups excluding carboxylic acids is 3. The maximum Gasteiger partial charge on any atom is 0.413 e. The fourth-order valence-electron chi connectivity index (χ4n) is 6.74. The van der Waals surface area contributed by atoms with E-state index in [4.69, 9.17) is 23.9 Å². The number of amides is 3. The highest BCUT2D eigenvalue weighted by atomic mass is 32.1. The molecule has 0 fully saturated rings. The number of hydrogen-bond donors (Lipinski definition) is 2. The lowest BCUT2D eigenvalue weighted by atomic mass is 9.98. The van der Waals surface area contributed by atoms with Crippen LogP contribution in [-0.2, 0) is 36.7 Å². The van der Waals surface area contributed by atoms with Gasteiger partial charge in [0.15, 0.2) is 11.4 Å². The summed E-state index contributed by atoms with van der Waals surface area (Å²) >= 11 is 1.30. The molecule has 0 spiro atoms. The van der Waals surface area contributed by atoms with E-state index in [0.717, 1.165) is 43.6 Å². The van der Waals surface area contributed by atoms with Gasteiger partial charge in [0.1, 0.15) is 18.2 Å². The van der Waals surface area contributed by atoms with Crippen LogP contribution in [0.1, 0.15) is 61.4 Å². The zero-order chi connectivity index (χ0) is 39.1. The van der Waals surface area contributed by atoms with Crippen molar-refractivity contribution >= 4 is 44.8 Å². The molecule has 6 rings (SSSR count). The molecular formula is C43H48N4O7S. The predicted octanol–water partition coefficient (Wildman–Crippen LogP) is 8.44. The molecule has 11 nitrogen and oxygen atoms in total. The summed E-state index contributed by atoms with van der Waals surface area (Å²) in [6, 6.07) is 28.8. The first kappa shape index (κ1) is 39.4. The molecule has 0 saturated carbocycles. The number of fused-ring (bicyclic) bond motifs is 4. The third kappa shape index (κ3) is 9.88. The first-order valence-corrected chi connectivity index (χ1v) is 19.2. The van der Waals surface area contributed by atoms with Gasteiger partial charge in [-0.05, 0) is 74.1 Å². The van der Waals surface area contributed by atoms with Crippen molar-refractivity contribution < 1.29 is 33.3 Å². The Morgan fingerprint density at radius 3 is 2.20 bits per heavy atom. The minimum Gasteiger partial charge on any atom is -0.449 e. The number of nitrogens with zero attached hydrogens (tertiary/aromatic N) is 2. The van der Waals surface area contributed by atoms with Gasteiger partial charge in [-0.1, -0.05) is 102 Å². The van der Waals surface area contributed by atoms with E-state index in [-0.39, 0.29) is 37.9 Å². The molecule has 2 N–H and O–H groups in total. The number of anilines is 1. The lowest BCUT2D eigenvalue weighted by Gasteiger charge is -2.31. The fourth-order valence-corrected chi connectivity index (χ4v) is 7.64. The van der Waals surface area contributed by atoms with E-state index in [1.807, 2.05) is 80.6 Å². The molecule has 5 aromatic rings. The highest BCUT2D eigenvalue weighted by Gasteiger charge is 2.32. The smallest absolute Gasteiger partial charge is 0.413 e. The van der Waals surface area contributed by atoms with Crippen LogP contribution in [0.15, 0.2) is 91.0 Å². The molecule has 0 saturated heterocycles. The molecule has 1 aromatic heterocycles. The number of thiazole rings is 1. The van der Waals surface area contributed by atoms with Gasteiger partial charge in [0.05, 0.1) is 16.8 Å². The van der Waals surface area contributed by atoms with E-state index in [2.05, 4.69) is 34.9 Å². The molecule has 3 amide bonds. The van der Waals surface area contributed by atoms with Crippen molar-refractivity contribution in [1.82, 2.24) is 15.2 Å². The van der Waals surface area contributed by atoms with Crippen LogP contribution in [-0.4, -0.2) is 72.8 Å². The molecule has 0 aliphatic heterocycles. The first-order valence-electron chi connectivity index (χ1n) is 18.4. The van der Waals surface area contributed by atoms with Crippen LogP contribution < -0.4 is 10.6 Å². The molecule has 0 bridgehead atoms. The number of ether oxygens (including phenoxy) is 4. The van der Waals surface area contributed by atoms with Crippen LogP contribution in [0.5, 0.6) is 0 Å². The summed E-state index contributed by atoms with van der Waals surface area (Å²) in [5, 5.41) is 6.01. The summed E-state index contributed by atoms with van der Waals surface area (Å²) in [7, 11) is 1.53. The Morgan fingerprint density at radius 1 is 0.891 bits per heavy atom. The van der Waals surface area contributed by atoms with Crippen molar-refractivity contribution in [2.45, 2.75) is 71.4 Å². The summed E-state index contributed by atoms with van der Waals surface area (Å²) in [5.41, 5.74) is 7.08.